The Bertz CT molecular complexity index is 298. The van der Waals surface area contributed by atoms with Gasteiger partial charge < -0.3 is 11.1 Å². The highest BCUT2D eigenvalue weighted by molar-refractivity contribution is 5.90. The van der Waals surface area contributed by atoms with Gasteiger partial charge >= 0.3 is 0 Å². The van der Waals surface area contributed by atoms with E-state index in [4.69, 9.17) is 5.73 Å². The van der Waals surface area contributed by atoms with Crippen molar-refractivity contribution in [2.24, 2.45) is 5.73 Å². The van der Waals surface area contributed by atoms with Crippen molar-refractivity contribution in [2.75, 3.05) is 5.32 Å². The fourth-order valence-electron chi connectivity index (χ4n) is 1.44. The van der Waals surface area contributed by atoms with Crippen LogP contribution in [-0.4, -0.2) is 11.9 Å². The van der Waals surface area contributed by atoms with Gasteiger partial charge in [-0.15, -0.1) is 0 Å². The van der Waals surface area contributed by atoms with Crippen molar-refractivity contribution in [3.05, 3.63) is 30.3 Å². The van der Waals surface area contributed by atoms with Crippen molar-refractivity contribution in [3.63, 3.8) is 0 Å². The summed E-state index contributed by atoms with van der Waals surface area (Å²) in [5.41, 5.74) is 6.60. The molecule has 0 bridgehead atoms. The highest BCUT2D eigenvalue weighted by Gasteiger charge is 2.08. The van der Waals surface area contributed by atoms with Gasteiger partial charge in [0.05, 0.1) is 0 Å². The number of anilines is 1. The van der Waals surface area contributed by atoms with E-state index in [1.807, 2.05) is 30.3 Å². The largest absolute Gasteiger partial charge is 0.327 e. The van der Waals surface area contributed by atoms with E-state index in [1.165, 1.54) is 0 Å². The summed E-state index contributed by atoms with van der Waals surface area (Å²) in [6.45, 7) is 2.06. The molecule has 0 aliphatic rings. The van der Waals surface area contributed by atoms with Crippen LogP contribution in [0.25, 0.3) is 0 Å². The number of hydrogen-bond acceptors (Lipinski definition) is 2. The van der Waals surface area contributed by atoms with Gasteiger partial charge in [-0.2, -0.15) is 0 Å². The van der Waals surface area contributed by atoms with Crippen molar-refractivity contribution >= 4 is 11.6 Å². The molecule has 3 nitrogen and oxygen atoms in total. The lowest BCUT2D eigenvalue weighted by Gasteiger charge is -2.10. The van der Waals surface area contributed by atoms with Gasteiger partial charge in [-0.1, -0.05) is 31.5 Å². The molecule has 3 N–H and O–H groups in total. The molecule has 1 aromatic carbocycles. The average molecular weight is 206 g/mol. The number of rotatable bonds is 5. The lowest BCUT2D eigenvalue weighted by atomic mass is 10.1. The number of para-hydroxylation sites is 1. The van der Waals surface area contributed by atoms with Crippen LogP contribution in [0.5, 0.6) is 0 Å². The summed E-state index contributed by atoms with van der Waals surface area (Å²) in [5.74, 6) is -0.0119. The molecule has 0 heterocycles. The maximum Gasteiger partial charge on any atom is 0.225 e. The molecule has 0 fully saturated rings. The van der Waals surface area contributed by atoms with Crippen molar-refractivity contribution in [3.8, 4) is 0 Å². The Morgan fingerprint density at radius 3 is 2.67 bits per heavy atom. The van der Waals surface area contributed by atoms with Crippen molar-refractivity contribution < 1.29 is 4.79 Å². The maximum absolute atomic E-state index is 11.5. The number of benzene rings is 1. The molecule has 0 aliphatic carbocycles. The summed E-state index contributed by atoms with van der Waals surface area (Å²) in [6, 6.07) is 9.40. The van der Waals surface area contributed by atoms with Crippen LogP contribution in [0.4, 0.5) is 5.69 Å². The van der Waals surface area contributed by atoms with Crippen LogP contribution in [0.15, 0.2) is 30.3 Å². The molecule has 0 aliphatic heterocycles. The minimum absolute atomic E-state index is 0.0119. The van der Waals surface area contributed by atoms with E-state index in [1.54, 1.807) is 0 Å². The smallest absolute Gasteiger partial charge is 0.225 e. The van der Waals surface area contributed by atoms with E-state index >= 15 is 0 Å². The van der Waals surface area contributed by atoms with E-state index < -0.39 is 0 Å². The summed E-state index contributed by atoms with van der Waals surface area (Å²) in [7, 11) is 0. The summed E-state index contributed by atoms with van der Waals surface area (Å²) >= 11 is 0. The summed E-state index contributed by atoms with van der Waals surface area (Å²) in [6.07, 6.45) is 2.30. The van der Waals surface area contributed by atoms with Gasteiger partial charge in [0, 0.05) is 18.2 Å². The van der Waals surface area contributed by atoms with Crippen LogP contribution in [0, 0.1) is 0 Å². The molecule has 0 aromatic heterocycles. The minimum Gasteiger partial charge on any atom is -0.327 e. The van der Waals surface area contributed by atoms with Gasteiger partial charge in [0.25, 0.3) is 0 Å². The number of carbonyl (C=O) groups is 1. The number of carbonyl (C=O) groups excluding carboxylic acids is 1. The third-order valence-corrected chi connectivity index (χ3v) is 2.16. The monoisotopic (exact) mass is 206 g/mol. The molecular weight excluding hydrogens is 188 g/mol. The summed E-state index contributed by atoms with van der Waals surface area (Å²) in [4.78, 5) is 11.5. The van der Waals surface area contributed by atoms with Crippen LogP contribution in [0.2, 0.25) is 0 Å². The van der Waals surface area contributed by atoms with Crippen LogP contribution < -0.4 is 11.1 Å². The fraction of sp³-hybridized carbons (Fsp3) is 0.417. The Kier molecular flexibility index (Phi) is 4.84. The quantitative estimate of drug-likeness (QED) is 0.775. The summed E-state index contributed by atoms with van der Waals surface area (Å²) in [5, 5.41) is 2.81. The maximum atomic E-state index is 11.5. The zero-order chi connectivity index (χ0) is 11.1. The fourth-order valence-corrected chi connectivity index (χ4v) is 1.44. The van der Waals surface area contributed by atoms with Crippen LogP contribution in [-0.2, 0) is 4.79 Å². The van der Waals surface area contributed by atoms with Gasteiger partial charge in [-0.3, -0.25) is 4.79 Å². The Hall–Kier alpha value is -1.35. The van der Waals surface area contributed by atoms with Gasteiger partial charge in [-0.05, 0) is 18.6 Å². The van der Waals surface area contributed by atoms with E-state index in [9.17, 15) is 4.79 Å². The SMILES string of the molecule is CCCC(N)CC(=O)Nc1ccccc1. The molecule has 1 amide bonds. The Labute approximate surface area is 90.7 Å². The molecule has 0 spiro atoms. The van der Waals surface area contributed by atoms with Gasteiger partial charge in [0.15, 0.2) is 0 Å². The predicted molar refractivity (Wildman–Crippen MR) is 62.6 cm³/mol. The highest BCUT2D eigenvalue weighted by atomic mass is 16.1. The number of nitrogens with two attached hydrogens (primary N) is 1. The molecule has 0 radical (unpaired) electrons. The molecule has 0 saturated carbocycles. The molecule has 1 aromatic rings. The zero-order valence-electron chi connectivity index (χ0n) is 9.07. The highest BCUT2D eigenvalue weighted by Crippen LogP contribution is 2.06. The van der Waals surface area contributed by atoms with Crippen molar-refractivity contribution in [1.29, 1.82) is 0 Å². The van der Waals surface area contributed by atoms with Crippen LogP contribution in [0.3, 0.4) is 0 Å². The molecule has 1 atom stereocenters. The van der Waals surface area contributed by atoms with Crippen molar-refractivity contribution in [1.82, 2.24) is 0 Å². The minimum atomic E-state index is -0.0290. The van der Waals surface area contributed by atoms with Gasteiger partial charge in [0.2, 0.25) is 5.91 Å². The van der Waals surface area contributed by atoms with Gasteiger partial charge in [0.1, 0.15) is 0 Å². The number of nitrogens with one attached hydrogen (secondary N) is 1. The first-order chi connectivity index (χ1) is 7.22. The van der Waals surface area contributed by atoms with E-state index in [2.05, 4.69) is 12.2 Å². The van der Waals surface area contributed by atoms with Crippen molar-refractivity contribution in [2.45, 2.75) is 32.2 Å². The first-order valence-corrected chi connectivity index (χ1v) is 5.33. The van der Waals surface area contributed by atoms with Gasteiger partial charge in [-0.25, -0.2) is 0 Å². The standard InChI is InChI=1S/C12H18N2O/c1-2-6-10(13)9-12(15)14-11-7-4-3-5-8-11/h3-5,7-8,10H,2,6,9,13H2,1H3,(H,14,15). The normalized spacial score (nSPS) is 12.1. The average Bonchev–Trinajstić information content (AvgIpc) is 2.19. The van der Waals surface area contributed by atoms with E-state index in [-0.39, 0.29) is 11.9 Å². The topological polar surface area (TPSA) is 55.1 Å². The second-order valence-electron chi connectivity index (χ2n) is 3.67. The van der Waals surface area contributed by atoms with Crippen LogP contribution in [0.1, 0.15) is 26.2 Å². The predicted octanol–water partition coefficient (Wildman–Crippen LogP) is 2.14. The lowest BCUT2D eigenvalue weighted by Crippen LogP contribution is -2.26. The molecule has 1 rings (SSSR count). The molecular formula is C12H18N2O. The second kappa shape index (κ2) is 6.19. The second-order valence-corrected chi connectivity index (χ2v) is 3.67. The van der Waals surface area contributed by atoms with Crippen LogP contribution >= 0.6 is 0 Å². The lowest BCUT2D eigenvalue weighted by molar-refractivity contribution is -0.116. The molecule has 1 unspecified atom stereocenters. The Morgan fingerprint density at radius 2 is 2.07 bits per heavy atom. The van der Waals surface area contributed by atoms with E-state index in [0.717, 1.165) is 18.5 Å². The molecule has 82 valence electrons. The molecule has 0 saturated heterocycles. The number of hydrogen-bond donors (Lipinski definition) is 2. The molecule has 15 heavy (non-hydrogen) atoms. The zero-order valence-corrected chi connectivity index (χ0v) is 9.07. The van der Waals surface area contributed by atoms with E-state index in [0.29, 0.717) is 6.42 Å². The first kappa shape index (κ1) is 11.7. The summed E-state index contributed by atoms with van der Waals surface area (Å²) < 4.78 is 0. The molecule has 3 heteroatoms. The Balaban J connectivity index is 2.36. The third kappa shape index (κ3) is 4.61. The Morgan fingerprint density at radius 1 is 1.40 bits per heavy atom. The number of amides is 1. The first-order valence-electron chi connectivity index (χ1n) is 5.33. The third-order valence-electron chi connectivity index (χ3n) is 2.16.